The molecule has 2 amide bonds. The number of anilines is 2. The first-order valence-electron chi connectivity index (χ1n) is 12.5. The van der Waals surface area contributed by atoms with Crippen molar-refractivity contribution < 1.29 is 19.4 Å². The third-order valence-corrected chi connectivity index (χ3v) is 8.44. The van der Waals surface area contributed by atoms with Crippen LogP contribution in [0.2, 0.25) is 5.02 Å². The summed E-state index contributed by atoms with van der Waals surface area (Å²) in [6.45, 7) is 3.02. The quantitative estimate of drug-likeness (QED) is 0.663. The summed E-state index contributed by atoms with van der Waals surface area (Å²) in [6, 6.07) is 11.7. The minimum absolute atomic E-state index is 0.0867. The van der Waals surface area contributed by atoms with Crippen molar-refractivity contribution in [3.63, 3.8) is 0 Å². The molecule has 184 valence electrons. The molecule has 8 heteroatoms. The Bertz CT molecular complexity index is 1170. The number of benzene rings is 2. The molecule has 2 N–H and O–H groups in total. The number of halogens is 1. The lowest BCUT2D eigenvalue weighted by Gasteiger charge is -2.43. The first kappa shape index (κ1) is 22.8. The van der Waals surface area contributed by atoms with E-state index in [-0.39, 0.29) is 24.0 Å². The molecule has 0 radical (unpaired) electrons. The third-order valence-electron chi connectivity index (χ3n) is 8.21. The highest BCUT2D eigenvalue weighted by molar-refractivity contribution is 6.31. The van der Waals surface area contributed by atoms with Crippen LogP contribution in [-0.4, -0.2) is 60.2 Å². The molecule has 1 spiro atoms. The van der Waals surface area contributed by atoms with Crippen LogP contribution in [0.3, 0.4) is 0 Å². The Hall–Kier alpha value is -2.61. The Balaban J connectivity index is 1.05. The molecular formula is C27H30ClN3O4. The third kappa shape index (κ3) is 3.99. The zero-order valence-electron chi connectivity index (χ0n) is 19.6. The van der Waals surface area contributed by atoms with Crippen molar-refractivity contribution in [2.24, 2.45) is 0 Å². The van der Waals surface area contributed by atoms with Crippen LogP contribution in [0.1, 0.15) is 43.2 Å². The van der Waals surface area contributed by atoms with Gasteiger partial charge in [-0.05, 0) is 92.7 Å². The van der Waals surface area contributed by atoms with Crippen LogP contribution >= 0.6 is 11.6 Å². The first-order chi connectivity index (χ1) is 16.9. The number of piperidine rings is 1. The first-order valence-corrected chi connectivity index (χ1v) is 12.9. The van der Waals surface area contributed by atoms with Crippen LogP contribution in [0.25, 0.3) is 0 Å². The number of aliphatic hydroxyl groups excluding tert-OH is 1. The highest BCUT2D eigenvalue weighted by Crippen LogP contribution is 2.45. The van der Waals surface area contributed by atoms with Gasteiger partial charge in [0.1, 0.15) is 12.4 Å². The van der Waals surface area contributed by atoms with Gasteiger partial charge in [-0.2, -0.15) is 0 Å². The number of hydrogen-bond donors (Lipinski definition) is 2. The molecule has 2 aromatic rings. The number of rotatable bonds is 5. The fraction of sp³-hybridized carbons (Fsp3) is 0.481. The van der Waals surface area contributed by atoms with Gasteiger partial charge >= 0.3 is 0 Å². The van der Waals surface area contributed by atoms with Crippen molar-refractivity contribution in [3.8, 4) is 5.75 Å². The van der Waals surface area contributed by atoms with E-state index in [4.69, 9.17) is 16.3 Å². The van der Waals surface area contributed by atoms with Crippen LogP contribution in [-0.2, 0) is 21.4 Å². The van der Waals surface area contributed by atoms with Crippen molar-refractivity contribution >= 4 is 34.8 Å². The molecule has 7 nitrogen and oxygen atoms in total. The number of fused-ring (bicyclic) bond motifs is 3. The minimum atomic E-state index is -0.476. The van der Waals surface area contributed by atoms with Crippen LogP contribution < -0.4 is 15.0 Å². The molecular weight excluding hydrogens is 466 g/mol. The molecule has 2 aromatic carbocycles. The van der Waals surface area contributed by atoms with E-state index in [1.165, 1.54) is 0 Å². The second kappa shape index (κ2) is 8.80. The summed E-state index contributed by atoms with van der Waals surface area (Å²) >= 11 is 6.22. The van der Waals surface area contributed by atoms with E-state index in [1.54, 1.807) is 0 Å². The van der Waals surface area contributed by atoms with Gasteiger partial charge < -0.3 is 20.1 Å². The van der Waals surface area contributed by atoms with E-state index in [9.17, 15) is 14.7 Å². The molecule has 1 aliphatic carbocycles. The molecule has 2 fully saturated rings. The van der Waals surface area contributed by atoms with E-state index in [1.807, 2.05) is 35.2 Å². The predicted molar refractivity (Wildman–Crippen MR) is 134 cm³/mol. The number of nitrogens with one attached hydrogen (secondary N) is 1. The molecule has 3 aliphatic heterocycles. The summed E-state index contributed by atoms with van der Waals surface area (Å²) in [4.78, 5) is 29.6. The van der Waals surface area contributed by atoms with Gasteiger partial charge in [0, 0.05) is 35.4 Å². The molecule has 35 heavy (non-hydrogen) atoms. The maximum atomic E-state index is 12.8. The van der Waals surface area contributed by atoms with Gasteiger partial charge in [-0.15, -0.1) is 0 Å². The molecule has 0 atom stereocenters. The van der Waals surface area contributed by atoms with Crippen LogP contribution in [0, 0.1) is 0 Å². The van der Waals surface area contributed by atoms with Gasteiger partial charge in [-0.25, -0.2) is 0 Å². The van der Waals surface area contributed by atoms with Gasteiger partial charge in [-0.1, -0.05) is 11.6 Å². The number of aliphatic hydroxyl groups is 1. The Morgan fingerprint density at radius 2 is 1.89 bits per heavy atom. The standard InChI is InChI=1S/C27H30ClN3O4/c28-18-2-4-23-22(14-18)27(26(34)29-23)7-9-30(10-8-27)11-12-35-21-3-5-24-17(13-21)1-6-25(33)31(24)19-15-20(32)16-19/h2-5,13-14,19-20,32H,1,6-12,15-16H2,(H,29,34). The zero-order valence-corrected chi connectivity index (χ0v) is 20.4. The van der Waals surface area contributed by atoms with Gasteiger partial charge in [0.15, 0.2) is 0 Å². The van der Waals surface area contributed by atoms with E-state index in [0.717, 1.165) is 67.1 Å². The summed E-state index contributed by atoms with van der Waals surface area (Å²) in [5.74, 6) is 1.05. The molecule has 1 saturated carbocycles. The fourth-order valence-electron chi connectivity index (χ4n) is 6.09. The number of hydrogen-bond acceptors (Lipinski definition) is 5. The smallest absolute Gasteiger partial charge is 0.235 e. The highest BCUT2D eigenvalue weighted by atomic mass is 35.5. The molecule has 0 unspecified atom stereocenters. The number of ether oxygens (including phenoxy) is 1. The van der Waals surface area contributed by atoms with Crippen LogP contribution in [0.15, 0.2) is 36.4 Å². The molecule has 4 aliphatic rings. The van der Waals surface area contributed by atoms with Crippen LogP contribution in [0.5, 0.6) is 5.75 Å². The SMILES string of the molecule is O=C1CCc2cc(OCCN3CCC4(CC3)C(=O)Nc3ccc(Cl)cc34)ccc2N1C1CC(O)C1. The van der Waals surface area contributed by atoms with Gasteiger partial charge in [-0.3, -0.25) is 14.5 Å². The maximum Gasteiger partial charge on any atom is 0.235 e. The number of likely N-dealkylation sites (tertiary alicyclic amines) is 1. The summed E-state index contributed by atoms with van der Waals surface area (Å²) in [6.07, 6.45) is 3.78. The molecule has 3 heterocycles. The maximum absolute atomic E-state index is 12.8. The number of aryl methyl sites for hydroxylation is 1. The number of carbonyl (C=O) groups is 2. The Kier molecular flexibility index (Phi) is 5.74. The Morgan fingerprint density at radius 1 is 1.09 bits per heavy atom. The number of amides is 2. The lowest BCUT2D eigenvalue weighted by atomic mass is 9.73. The van der Waals surface area contributed by atoms with Crippen LogP contribution in [0.4, 0.5) is 11.4 Å². The molecule has 0 aromatic heterocycles. The summed E-state index contributed by atoms with van der Waals surface area (Å²) in [7, 11) is 0. The van der Waals surface area contributed by atoms with E-state index in [2.05, 4.69) is 16.3 Å². The van der Waals surface area contributed by atoms with E-state index < -0.39 is 5.41 Å². The lowest BCUT2D eigenvalue weighted by Crippen LogP contribution is -2.51. The monoisotopic (exact) mass is 495 g/mol. The van der Waals surface area contributed by atoms with Crippen molar-refractivity contribution in [3.05, 3.63) is 52.5 Å². The van der Waals surface area contributed by atoms with Crippen molar-refractivity contribution in [1.29, 1.82) is 0 Å². The van der Waals surface area contributed by atoms with Gasteiger partial charge in [0.25, 0.3) is 0 Å². The number of carbonyl (C=O) groups excluding carboxylic acids is 2. The summed E-state index contributed by atoms with van der Waals surface area (Å²) < 4.78 is 6.08. The van der Waals surface area contributed by atoms with E-state index in [0.29, 0.717) is 30.9 Å². The molecule has 6 rings (SSSR count). The van der Waals surface area contributed by atoms with E-state index >= 15 is 0 Å². The summed E-state index contributed by atoms with van der Waals surface area (Å²) in [5, 5.41) is 13.4. The molecule has 0 bridgehead atoms. The number of nitrogens with zero attached hydrogens (tertiary/aromatic N) is 2. The average molecular weight is 496 g/mol. The minimum Gasteiger partial charge on any atom is -0.492 e. The Morgan fingerprint density at radius 3 is 2.66 bits per heavy atom. The largest absolute Gasteiger partial charge is 0.492 e. The molecule has 1 saturated heterocycles. The second-order valence-corrected chi connectivity index (χ2v) is 10.7. The lowest BCUT2D eigenvalue weighted by molar-refractivity contribution is -0.122. The predicted octanol–water partition coefficient (Wildman–Crippen LogP) is 3.51. The van der Waals surface area contributed by atoms with Crippen molar-refractivity contribution in [2.45, 2.75) is 56.1 Å². The van der Waals surface area contributed by atoms with Gasteiger partial charge in [0.05, 0.1) is 11.5 Å². The Labute approximate surface area is 210 Å². The highest BCUT2D eigenvalue weighted by Gasteiger charge is 2.48. The van der Waals surface area contributed by atoms with Crippen molar-refractivity contribution in [1.82, 2.24) is 4.90 Å². The fourth-order valence-corrected chi connectivity index (χ4v) is 6.26. The topological polar surface area (TPSA) is 82.1 Å². The second-order valence-electron chi connectivity index (χ2n) is 10.2. The zero-order chi connectivity index (χ0) is 24.2. The summed E-state index contributed by atoms with van der Waals surface area (Å²) in [5.41, 5.74) is 3.53. The average Bonchev–Trinajstić information content (AvgIpc) is 3.09. The van der Waals surface area contributed by atoms with Crippen molar-refractivity contribution in [2.75, 3.05) is 36.5 Å². The van der Waals surface area contributed by atoms with Gasteiger partial charge in [0.2, 0.25) is 11.8 Å². The normalized spacial score (nSPS) is 25.1.